The first-order valence-corrected chi connectivity index (χ1v) is 6.38. The number of nitrogens with two attached hydrogens (primary N) is 1. The minimum Gasteiger partial charge on any atom is -0.376 e. The van der Waals surface area contributed by atoms with E-state index in [4.69, 9.17) is 10.5 Å². The van der Waals surface area contributed by atoms with Crippen LogP contribution in [-0.4, -0.2) is 18.8 Å². The smallest absolute Gasteiger partial charge is 0.0618 e. The van der Waals surface area contributed by atoms with Crippen LogP contribution in [0.15, 0.2) is 0 Å². The summed E-state index contributed by atoms with van der Waals surface area (Å²) in [6, 6.07) is 0.162. The van der Waals surface area contributed by atoms with Crippen LogP contribution < -0.4 is 5.73 Å². The van der Waals surface area contributed by atoms with E-state index < -0.39 is 0 Å². The molecule has 15 heavy (non-hydrogen) atoms. The minimum atomic E-state index is 0.162. The molecule has 1 aliphatic rings. The first-order valence-electron chi connectivity index (χ1n) is 6.38. The Labute approximate surface area is 94.6 Å². The van der Waals surface area contributed by atoms with Gasteiger partial charge in [0.15, 0.2) is 0 Å². The van der Waals surface area contributed by atoms with Crippen molar-refractivity contribution < 1.29 is 4.74 Å². The highest BCUT2D eigenvalue weighted by atomic mass is 16.5. The van der Waals surface area contributed by atoms with Gasteiger partial charge in [0.25, 0.3) is 0 Å². The largest absolute Gasteiger partial charge is 0.376 e. The Balaban J connectivity index is 2.46. The van der Waals surface area contributed by atoms with E-state index in [0.29, 0.717) is 12.7 Å². The van der Waals surface area contributed by atoms with Crippen molar-refractivity contribution in [2.45, 2.75) is 59.1 Å². The summed E-state index contributed by atoms with van der Waals surface area (Å²) in [6.07, 6.45) is 4.35. The number of ether oxygens (including phenoxy) is 1. The Morgan fingerprint density at radius 1 is 1.27 bits per heavy atom. The van der Waals surface area contributed by atoms with Crippen molar-refractivity contribution in [3.05, 3.63) is 0 Å². The van der Waals surface area contributed by atoms with Crippen LogP contribution in [0.25, 0.3) is 0 Å². The standard InChI is InChI=1S/C13H27NO/c1-9(2)12-6-5-10(3)7-13(12)15-8-11(4)14/h9-13H,5-8,14H2,1-4H3/t10-,11?,12+,13-/m1/s1. The maximum atomic E-state index is 5.96. The van der Waals surface area contributed by atoms with E-state index in [-0.39, 0.29) is 6.04 Å². The lowest BCUT2D eigenvalue weighted by Crippen LogP contribution is -2.37. The number of hydrogen-bond donors (Lipinski definition) is 1. The van der Waals surface area contributed by atoms with Crippen molar-refractivity contribution in [1.82, 2.24) is 0 Å². The molecule has 90 valence electrons. The van der Waals surface area contributed by atoms with Gasteiger partial charge in [-0.05, 0) is 37.5 Å². The van der Waals surface area contributed by atoms with Crippen LogP contribution in [0, 0.1) is 17.8 Å². The molecule has 4 atom stereocenters. The third-order valence-electron chi connectivity index (χ3n) is 3.53. The molecule has 0 aromatic carbocycles. The molecule has 1 saturated carbocycles. The lowest BCUT2D eigenvalue weighted by molar-refractivity contribution is -0.0416. The van der Waals surface area contributed by atoms with Gasteiger partial charge in [-0.25, -0.2) is 0 Å². The number of rotatable bonds is 4. The van der Waals surface area contributed by atoms with Gasteiger partial charge in [-0.1, -0.05) is 27.2 Å². The van der Waals surface area contributed by atoms with Gasteiger partial charge in [0, 0.05) is 6.04 Å². The molecule has 1 fully saturated rings. The summed E-state index contributed by atoms with van der Waals surface area (Å²) in [5.41, 5.74) is 5.74. The molecule has 0 saturated heterocycles. The maximum absolute atomic E-state index is 5.96. The Bertz CT molecular complexity index is 179. The summed E-state index contributed by atoms with van der Waals surface area (Å²) >= 11 is 0. The van der Waals surface area contributed by atoms with Gasteiger partial charge >= 0.3 is 0 Å². The molecule has 0 aliphatic heterocycles. The quantitative estimate of drug-likeness (QED) is 0.779. The predicted molar refractivity (Wildman–Crippen MR) is 64.7 cm³/mol. The van der Waals surface area contributed by atoms with Crippen molar-refractivity contribution in [3.63, 3.8) is 0 Å². The molecule has 1 rings (SSSR count). The average molecular weight is 213 g/mol. The molecule has 0 aromatic heterocycles. The summed E-state index contributed by atoms with van der Waals surface area (Å²) in [5.74, 6) is 2.29. The van der Waals surface area contributed by atoms with E-state index in [1.165, 1.54) is 19.3 Å². The van der Waals surface area contributed by atoms with Gasteiger partial charge in [-0.15, -0.1) is 0 Å². The highest BCUT2D eigenvalue weighted by Crippen LogP contribution is 2.35. The van der Waals surface area contributed by atoms with E-state index >= 15 is 0 Å². The second kappa shape index (κ2) is 5.86. The monoisotopic (exact) mass is 213 g/mol. The summed E-state index contributed by atoms with van der Waals surface area (Å²) in [7, 11) is 0. The highest BCUT2D eigenvalue weighted by Gasteiger charge is 2.31. The highest BCUT2D eigenvalue weighted by molar-refractivity contribution is 4.81. The molecule has 0 heterocycles. The van der Waals surface area contributed by atoms with Crippen LogP contribution in [0.1, 0.15) is 47.0 Å². The molecule has 2 N–H and O–H groups in total. The van der Waals surface area contributed by atoms with E-state index in [2.05, 4.69) is 20.8 Å². The van der Waals surface area contributed by atoms with Gasteiger partial charge in [0.2, 0.25) is 0 Å². The molecular formula is C13H27NO. The first-order chi connectivity index (χ1) is 7.00. The molecule has 1 unspecified atom stereocenters. The summed E-state index contributed by atoms with van der Waals surface area (Å²) in [6.45, 7) is 9.67. The Morgan fingerprint density at radius 2 is 1.93 bits per heavy atom. The number of hydrogen-bond acceptors (Lipinski definition) is 2. The molecule has 1 aliphatic carbocycles. The van der Waals surface area contributed by atoms with Crippen LogP contribution in [0.4, 0.5) is 0 Å². The Morgan fingerprint density at radius 3 is 2.47 bits per heavy atom. The molecule has 0 radical (unpaired) electrons. The third kappa shape index (κ3) is 4.12. The molecular weight excluding hydrogens is 186 g/mol. The zero-order valence-electron chi connectivity index (χ0n) is 10.7. The van der Waals surface area contributed by atoms with E-state index in [0.717, 1.165) is 17.8 Å². The Hall–Kier alpha value is -0.0800. The van der Waals surface area contributed by atoms with E-state index in [1.54, 1.807) is 0 Å². The summed E-state index contributed by atoms with van der Waals surface area (Å²) < 4.78 is 5.96. The average Bonchev–Trinajstić information content (AvgIpc) is 2.14. The lowest BCUT2D eigenvalue weighted by Gasteiger charge is -2.37. The third-order valence-corrected chi connectivity index (χ3v) is 3.53. The first kappa shape index (κ1) is 13.0. The normalized spacial score (nSPS) is 34.4. The zero-order chi connectivity index (χ0) is 11.4. The minimum absolute atomic E-state index is 0.162. The molecule has 0 spiro atoms. The molecule has 2 nitrogen and oxygen atoms in total. The van der Waals surface area contributed by atoms with E-state index in [1.807, 2.05) is 6.92 Å². The van der Waals surface area contributed by atoms with Gasteiger partial charge in [-0.2, -0.15) is 0 Å². The fourth-order valence-electron chi connectivity index (χ4n) is 2.58. The van der Waals surface area contributed by atoms with Gasteiger partial charge in [-0.3, -0.25) is 0 Å². The van der Waals surface area contributed by atoms with Gasteiger partial charge in [0.1, 0.15) is 0 Å². The topological polar surface area (TPSA) is 35.2 Å². The van der Waals surface area contributed by atoms with Crippen LogP contribution in [0.5, 0.6) is 0 Å². The second-order valence-corrected chi connectivity index (χ2v) is 5.68. The van der Waals surface area contributed by atoms with E-state index in [9.17, 15) is 0 Å². The van der Waals surface area contributed by atoms with Crippen molar-refractivity contribution in [3.8, 4) is 0 Å². The summed E-state index contributed by atoms with van der Waals surface area (Å²) in [5, 5.41) is 0. The fraction of sp³-hybridized carbons (Fsp3) is 1.00. The zero-order valence-corrected chi connectivity index (χ0v) is 10.7. The van der Waals surface area contributed by atoms with Crippen LogP contribution in [-0.2, 0) is 4.74 Å². The van der Waals surface area contributed by atoms with Gasteiger partial charge < -0.3 is 10.5 Å². The molecule has 0 amide bonds. The SMILES string of the molecule is CC(N)CO[C@@H]1C[C@H](C)CC[C@H]1C(C)C. The summed E-state index contributed by atoms with van der Waals surface area (Å²) in [4.78, 5) is 0. The van der Waals surface area contributed by atoms with Crippen molar-refractivity contribution in [2.24, 2.45) is 23.5 Å². The van der Waals surface area contributed by atoms with Gasteiger partial charge in [0.05, 0.1) is 12.7 Å². The van der Waals surface area contributed by atoms with Crippen LogP contribution in [0.2, 0.25) is 0 Å². The maximum Gasteiger partial charge on any atom is 0.0618 e. The van der Waals surface area contributed by atoms with Crippen LogP contribution in [0.3, 0.4) is 0 Å². The molecule has 0 aromatic rings. The predicted octanol–water partition coefficient (Wildman–Crippen LogP) is 2.81. The second-order valence-electron chi connectivity index (χ2n) is 5.68. The Kier molecular flexibility index (Phi) is 5.07. The molecule has 0 bridgehead atoms. The fourth-order valence-corrected chi connectivity index (χ4v) is 2.58. The van der Waals surface area contributed by atoms with Crippen molar-refractivity contribution >= 4 is 0 Å². The van der Waals surface area contributed by atoms with Crippen molar-refractivity contribution in [2.75, 3.05) is 6.61 Å². The van der Waals surface area contributed by atoms with Crippen LogP contribution >= 0.6 is 0 Å². The lowest BCUT2D eigenvalue weighted by atomic mass is 9.75. The van der Waals surface area contributed by atoms with Crippen molar-refractivity contribution in [1.29, 1.82) is 0 Å². The molecule has 2 heteroatoms.